The molecule has 3 rings (SSSR count). The quantitative estimate of drug-likeness (QED) is 0.625. The molecule has 2 aromatic rings. The van der Waals surface area contributed by atoms with Crippen LogP contribution in [0.25, 0.3) is 11.6 Å². The first-order valence-electron chi connectivity index (χ1n) is 7.28. The van der Waals surface area contributed by atoms with E-state index in [2.05, 4.69) is 15.6 Å². The van der Waals surface area contributed by atoms with Crippen molar-refractivity contribution in [2.45, 2.75) is 6.10 Å². The van der Waals surface area contributed by atoms with E-state index < -0.39 is 6.10 Å². The summed E-state index contributed by atoms with van der Waals surface area (Å²) in [6.07, 6.45) is 2.67. The molecule has 1 atom stereocenters. The van der Waals surface area contributed by atoms with E-state index in [4.69, 9.17) is 5.11 Å². The molecule has 118 valence electrons. The van der Waals surface area contributed by atoms with Crippen molar-refractivity contribution in [3.05, 3.63) is 53.7 Å². The molecule has 1 aromatic heterocycles. The Morgan fingerprint density at radius 2 is 2.04 bits per heavy atom. The second-order valence-corrected chi connectivity index (χ2v) is 5.25. The van der Waals surface area contributed by atoms with Gasteiger partial charge in [0.1, 0.15) is 5.82 Å². The first-order valence-corrected chi connectivity index (χ1v) is 7.28. The topological polar surface area (TPSA) is 94.5 Å². The number of amides is 1. The zero-order valence-corrected chi connectivity index (χ0v) is 12.4. The van der Waals surface area contributed by atoms with Gasteiger partial charge in [0.25, 0.3) is 5.91 Å². The van der Waals surface area contributed by atoms with Crippen molar-refractivity contribution in [1.82, 2.24) is 4.98 Å². The van der Waals surface area contributed by atoms with Crippen LogP contribution in [0.15, 0.2) is 42.6 Å². The van der Waals surface area contributed by atoms with Crippen LogP contribution >= 0.6 is 0 Å². The lowest BCUT2D eigenvalue weighted by atomic mass is 10.1. The minimum Gasteiger partial charge on any atom is -0.394 e. The first kappa shape index (κ1) is 15.2. The highest BCUT2D eigenvalue weighted by Gasteiger charge is 2.24. The van der Waals surface area contributed by atoms with E-state index in [1.807, 2.05) is 36.4 Å². The van der Waals surface area contributed by atoms with Gasteiger partial charge in [-0.2, -0.15) is 0 Å². The van der Waals surface area contributed by atoms with Crippen LogP contribution in [0.2, 0.25) is 0 Å². The summed E-state index contributed by atoms with van der Waals surface area (Å²) < 4.78 is 0. The number of hydrogen-bond acceptors (Lipinski definition) is 5. The number of rotatable bonds is 5. The van der Waals surface area contributed by atoms with E-state index >= 15 is 0 Å². The van der Waals surface area contributed by atoms with Crippen LogP contribution in [-0.2, 0) is 4.79 Å². The largest absolute Gasteiger partial charge is 0.394 e. The Morgan fingerprint density at radius 3 is 2.78 bits per heavy atom. The first-order chi connectivity index (χ1) is 11.2. The van der Waals surface area contributed by atoms with Gasteiger partial charge in [0, 0.05) is 24.0 Å². The van der Waals surface area contributed by atoms with Crippen LogP contribution in [0.3, 0.4) is 0 Å². The molecule has 1 aromatic carbocycles. The third kappa shape index (κ3) is 3.39. The van der Waals surface area contributed by atoms with Gasteiger partial charge in [0.15, 0.2) is 0 Å². The SMILES string of the molecule is O=C1Nc2ncccc2C1=Cc1ccc(NCC(O)CO)cc1. The molecule has 1 unspecified atom stereocenters. The van der Waals surface area contributed by atoms with Crippen LogP contribution in [0.1, 0.15) is 11.1 Å². The van der Waals surface area contributed by atoms with Crippen LogP contribution in [-0.4, -0.2) is 40.4 Å². The van der Waals surface area contributed by atoms with Gasteiger partial charge in [0.05, 0.1) is 18.3 Å². The number of aromatic nitrogens is 1. The Kier molecular flexibility index (Phi) is 4.36. The fourth-order valence-electron chi connectivity index (χ4n) is 2.33. The zero-order chi connectivity index (χ0) is 16.2. The van der Waals surface area contributed by atoms with E-state index in [1.54, 1.807) is 12.3 Å². The number of pyridine rings is 1. The number of aliphatic hydroxyl groups is 2. The van der Waals surface area contributed by atoms with Gasteiger partial charge in [-0.25, -0.2) is 4.98 Å². The van der Waals surface area contributed by atoms with Crippen molar-refractivity contribution in [1.29, 1.82) is 0 Å². The summed E-state index contributed by atoms with van der Waals surface area (Å²) in [6, 6.07) is 11.1. The van der Waals surface area contributed by atoms with Crippen LogP contribution in [0.4, 0.5) is 11.5 Å². The number of nitrogens with one attached hydrogen (secondary N) is 2. The minimum atomic E-state index is -0.789. The normalized spacial score (nSPS) is 16.1. The maximum Gasteiger partial charge on any atom is 0.257 e. The molecular weight excluding hydrogens is 294 g/mol. The second-order valence-electron chi connectivity index (χ2n) is 5.25. The molecule has 6 heteroatoms. The molecule has 4 N–H and O–H groups in total. The maximum atomic E-state index is 12.0. The Labute approximate surface area is 133 Å². The van der Waals surface area contributed by atoms with E-state index in [1.165, 1.54) is 0 Å². The monoisotopic (exact) mass is 311 g/mol. The zero-order valence-electron chi connectivity index (χ0n) is 12.4. The van der Waals surface area contributed by atoms with Crippen molar-refractivity contribution in [2.75, 3.05) is 23.8 Å². The number of nitrogens with zero attached hydrogens (tertiary/aromatic N) is 1. The van der Waals surface area contributed by atoms with Crippen molar-refractivity contribution in [3.8, 4) is 0 Å². The smallest absolute Gasteiger partial charge is 0.257 e. The van der Waals surface area contributed by atoms with Gasteiger partial charge in [-0.15, -0.1) is 0 Å². The molecule has 23 heavy (non-hydrogen) atoms. The molecule has 1 amide bonds. The molecule has 6 nitrogen and oxygen atoms in total. The summed E-state index contributed by atoms with van der Waals surface area (Å²) >= 11 is 0. The molecule has 0 spiro atoms. The Hall–Kier alpha value is -2.70. The molecule has 0 fully saturated rings. The summed E-state index contributed by atoms with van der Waals surface area (Å²) in [5, 5.41) is 23.9. The number of benzene rings is 1. The van der Waals surface area contributed by atoms with Crippen LogP contribution in [0, 0.1) is 0 Å². The number of carbonyl (C=O) groups is 1. The molecule has 0 aliphatic carbocycles. The van der Waals surface area contributed by atoms with Gasteiger partial charge < -0.3 is 20.8 Å². The molecule has 1 aliphatic rings. The Morgan fingerprint density at radius 1 is 1.26 bits per heavy atom. The summed E-state index contributed by atoms with van der Waals surface area (Å²) in [4.78, 5) is 16.2. The standard InChI is InChI=1S/C17H17N3O3/c21-10-13(22)9-19-12-5-3-11(4-6-12)8-15-14-2-1-7-18-16(14)20-17(15)23/h1-8,13,19,21-22H,9-10H2,(H,18,20,23). The number of aliphatic hydroxyl groups excluding tert-OH is 2. The third-order valence-corrected chi connectivity index (χ3v) is 3.55. The Bertz CT molecular complexity index is 741. The molecule has 2 heterocycles. The summed E-state index contributed by atoms with van der Waals surface area (Å²) in [5.41, 5.74) is 3.10. The van der Waals surface area contributed by atoms with Gasteiger partial charge in [0.2, 0.25) is 0 Å². The highest BCUT2D eigenvalue weighted by atomic mass is 16.3. The van der Waals surface area contributed by atoms with Gasteiger partial charge in [-0.1, -0.05) is 12.1 Å². The maximum absolute atomic E-state index is 12.0. The lowest BCUT2D eigenvalue weighted by Crippen LogP contribution is -2.22. The summed E-state index contributed by atoms with van der Waals surface area (Å²) in [7, 11) is 0. The molecular formula is C17H17N3O3. The van der Waals surface area contributed by atoms with Crippen molar-refractivity contribution < 1.29 is 15.0 Å². The second kappa shape index (κ2) is 6.60. The van der Waals surface area contributed by atoms with Gasteiger partial charge >= 0.3 is 0 Å². The fourth-order valence-corrected chi connectivity index (χ4v) is 2.33. The van der Waals surface area contributed by atoms with Gasteiger partial charge in [-0.05, 0) is 35.9 Å². The molecule has 0 bridgehead atoms. The minimum absolute atomic E-state index is 0.160. The summed E-state index contributed by atoms with van der Waals surface area (Å²) in [6.45, 7) is -0.00186. The lowest BCUT2D eigenvalue weighted by molar-refractivity contribution is -0.110. The van der Waals surface area contributed by atoms with E-state index in [-0.39, 0.29) is 19.1 Å². The predicted octanol–water partition coefficient (Wildman–Crippen LogP) is 1.34. The van der Waals surface area contributed by atoms with E-state index in [9.17, 15) is 9.90 Å². The lowest BCUT2D eigenvalue weighted by Gasteiger charge is -2.10. The number of hydrogen-bond donors (Lipinski definition) is 4. The highest BCUT2D eigenvalue weighted by molar-refractivity contribution is 6.34. The highest BCUT2D eigenvalue weighted by Crippen LogP contribution is 2.31. The molecule has 0 radical (unpaired) electrons. The molecule has 0 saturated heterocycles. The van der Waals surface area contributed by atoms with Crippen LogP contribution in [0.5, 0.6) is 0 Å². The Balaban J connectivity index is 1.77. The van der Waals surface area contributed by atoms with E-state index in [0.29, 0.717) is 11.4 Å². The average molecular weight is 311 g/mol. The van der Waals surface area contributed by atoms with Crippen molar-refractivity contribution in [2.24, 2.45) is 0 Å². The van der Waals surface area contributed by atoms with Crippen molar-refractivity contribution in [3.63, 3.8) is 0 Å². The summed E-state index contributed by atoms with van der Waals surface area (Å²) in [5.74, 6) is 0.423. The molecule has 1 aliphatic heterocycles. The number of fused-ring (bicyclic) bond motifs is 1. The molecule has 0 saturated carbocycles. The van der Waals surface area contributed by atoms with E-state index in [0.717, 1.165) is 16.8 Å². The average Bonchev–Trinajstić information content (AvgIpc) is 2.89. The number of carbonyl (C=O) groups excluding carboxylic acids is 1. The van der Waals surface area contributed by atoms with Gasteiger partial charge in [-0.3, -0.25) is 4.79 Å². The van der Waals surface area contributed by atoms with Crippen molar-refractivity contribution >= 4 is 29.1 Å². The van der Waals surface area contributed by atoms with Crippen LogP contribution < -0.4 is 10.6 Å². The predicted molar refractivity (Wildman–Crippen MR) is 88.8 cm³/mol. The number of anilines is 2. The fraction of sp³-hybridized carbons (Fsp3) is 0.176. The third-order valence-electron chi connectivity index (χ3n) is 3.55.